The van der Waals surface area contributed by atoms with Crippen LogP contribution in [-0.2, 0) is 6.61 Å². The smallest absolute Gasteiger partial charge is 0.313 e. The molecule has 0 spiro atoms. The highest BCUT2D eigenvalue weighted by atomic mass is 32.1. The van der Waals surface area contributed by atoms with Crippen molar-refractivity contribution in [2.24, 2.45) is 5.84 Å². The molecule has 0 saturated carbocycles. The number of aryl methyl sites for hydroxylation is 1. The fraction of sp³-hybridized carbons (Fsp3) is 0.154. The van der Waals surface area contributed by atoms with Gasteiger partial charge in [0.1, 0.15) is 6.61 Å². The Morgan fingerprint density at radius 3 is 2.90 bits per heavy atom. The molecule has 2 rings (SSSR count). The number of nitrogens with one attached hydrogen (secondary N) is 1. The van der Waals surface area contributed by atoms with Gasteiger partial charge >= 0.3 is 5.69 Å². The Kier molecular flexibility index (Phi) is 4.51. The maximum atomic E-state index is 11.5. The number of nitrogens with zero attached hydrogens (tertiary/aromatic N) is 1. The highest BCUT2D eigenvalue weighted by Crippen LogP contribution is 2.31. The van der Waals surface area contributed by atoms with E-state index in [9.17, 15) is 14.9 Å². The standard InChI is InChI=1S/C13H13N3O4S/c1-8-3-2-4-10(11(8)16(18)19)20-7-9-5-6-21-12(9)13(17)15-14/h2-6H,7,14H2,1H3,(H,15,17). The first-order valence-electron chi connectivity index (χ1n) is 5.98. The Bertz CT molecular complexity index is 684. The number of hydrogen-bond acceptors (Lipinski definition) is 6. The number of carbonyl (C=O) groups is 1. The van der Waals surface area contributed by atoms with Crippen molar-refractivity contribution in [2.75, 3.05) is 0 Å². The van der Waals surface area contributed by atoms with Gasteiger partial charge in [-0.05, 0) is 24.4 Å². The highest BCUT2D eigenvalue weighted by molar-refractivity contribution is 7.12. The third-order valence-corrected chi connectivity index (χ3v) is 3.81. The zero-order valence-corrected chi connectivity index (χ0v) is 12.0. The molecule has 2 aromatic rings. The van der Waals surface area contributed by atoms with Gasteiger partial charge in [0.2, 0.25) is 0 Å². The summed E-state index contributed by atoms with van der Waals surface area (Å²) in [6.07, 6.45) is 0. The lowest BCUT2D eigenvalue weighted by atomic mass is 10.2. The van der Waals surface area contributed by atoms with Gasteiger partial charge in [0, 0.05) is 11.1 Å². The largest absolute Gasteiger partial charge is 0.482 e. The molecule has 1 amide bonds. The number of para-hydroxylation sites is 1. The normalized spacial score (nSPS) is 10.2. The van der Waals surface area contributed by atoms with Crippen molar-refractivity contribution in [3.8, 4) is 5.75 Å². The van der Waals surface area contributed by atoms with Crippen LogP contribution in [-0.4, -0.2) is 10.8 Å². The minimum absolute atomic E-state index is 0.0521. The van der Waals surface area contributed by atoms with Crippen LogP contribution < -0.4 is 16.0 Å². The Balaban J connectivity index is 2.22. The van der Waals surface area contributed by atoms with Crippen LogP contribution in [0.25, 0.3) is 0 Å². The molecule has 0 aliphatic carbocycles. The van der Waals surface area contributed by atoms with Gasteiger partial charge in [-0.1, -0.05) is 12.1 Å². The van der Waals surface area contributed by atoms with Gasteiger partial charge < -0.3 is 4.74 Å². The van der Waals surface area contributed by atoms with Gasteiger partial charge in [0.25, 0.3) is 5.91 Å². The van der Waals surface area contributed by atoms with Gasteiger partial charge in [-0.2, -0.15) is 0 Å². The minimum Gasteiger partial charge on any atom is -0.482 e. The topological polar surface area (TPSA) is 107 Å². The number of nitro groups is 1. The maximum absolute atomic E-state index is 11.5. The van der Waals surface area contributed by atoms with E-state index >= 15 is 0 Å². The number of amides is 1. The molecule has 21 heavy (non-hydrogen) atoms. The molecule has 0 fully saturated rings. The molecule has 8 heteroatoms. The summed E-state index contributed by atoms with van der Waals surface area (Å²) in [4.78, 5) is 22.6. The fourth-order valence-electron chi connectivity index (χ4n) is 1.85. The van der Waals surface area contributed by atoms with Crippen LogP contribution in [0.15, 0.2) is 29.6 Å². The molecule has 7 nitrogen and oxygen atoms in total. The van der Waals surface area contributed by atoms with E-state index in [1.807, 2.05) is 0 Å². The number of benzene rings is 1. The van der Waals surface area contributed by atoms with Crippen molar-refractivity contribution in [3.05, 3.63) is 55.8 Å². The maximum Gasteiger partial charge on any atom is 0.313 e. The Hall–Kier alpha value is -2.45. The lowest BCUT2D eigenvalue weighted by Gasteiger charge is -2.08. The molecule has 3 N–H and O–H groups in total. The molecular weight excluding hydrogens is 294 g/mol. The summed E-state index contributed by atoms with van der Waals surface area (Å²) in [7, 11) is 0. The first kappa shape index (κ1) is 14.9. The molecule has 1 heterocycles. The summed E-state index contributed by atoms with van der Waals surface area (Å²) in [5, 5.41) is 12.8. The number of nitrogen functional groups attached to an aromatic ring is 1. The van der Waals surface area contributed by atoms with Gasteiger partial charge in [-0.3, -0.25) is 20.3 Å². The van der Waals surface area contributed by atoms with E-state index in [0.29, 0.717) is 16.0 Å². The van der Waals surface area contributed by atoms with Crippen LogP contribution in [0, 0.1) is 17.0 Å². The number of hydrogen-bond donors (Lipinski definition) is 2. The number of rotatable bonds is 5. The molecule has 0 radical (unpaired) electrons. The average molecular weight is 307 g/mol. The zero-order chi connectivity index (χ0) is 15.4. The molecule has 0 bridgehead atoms. The second-order valence-electron chi connectivity index (χ2n) is 4.22. The van der Waals surface area contributed by atoms with E-state index in [2.05, 4.69) is 5.43 Å². The van der Waals surface area contributed by atoms with Crippen LogP contribution in [0.1, 0.15) is 20.8 Å². The monoisotopic (exact) mass is 307 g/mol. The van der Waals surface area contributed by atoms with E-state index in [1.165, 1.54) is 17.4 Å². The van der Waals surface area contributed by atoms with Gasteiger partial charge in [0.05, 0.1) is 9.80 Å². The van der Waals surface area contributed by atoms with E-state index in [0.717, 1.165) is 0 Å². The molecule has 0 unspecified atom stereocenters. The van der Waals surface area contributed by atoms with E-state index < -0.39 is 10.8 Å². The number of ether oxygens (including phenoxy) is 1. The number of thiophene rings is 1. The van der Waals surface area contributed by atoms with Crippen molar-refractivity contribution < 1.29 is 14.5 Å². The van der Waals surface area contributed by atoms with Crippen molar-refractivity contribution in [1.29, 1.82) is 0 Å². The summed E-state index contributed by atoms with van der Waals surface area (Å²) in [5.41, 5.74) is 3.12. The SMILES string of the molecule is Cc1cccc(OCc2ccsc2C(=O)NN)c1[N+](=O)[O-]. The zero-order valence-electron chi connectivity index (χ0n) is 11.2. The molecule has 0 saturated heterocycles. The summed E-state index contributed by atoms with van der Waals surface area (Å²) >= 11 is 1.23. The highest BCUT2D eigenvalue weighted by Gasteiger charge is 2.19. The van der Waals surface area contributed by atoms with Gasteiger partial charge in [-0.15, -0.1) is 11.3 Å². The molecule has 1 aromatic heterocycles. The van der Waals surface area contributed by atoms with E-state index in [1.54, 1.807) is 30.5 Å². The number of carbonyl (C=O) groups excluding carboxylic acids is 1. The Labute approximate surface area is 124 Å². The van der Waals surface area contributed by atoms with Crippen LogP contribution in [0.3, 0.4) is 0 Å². The Morgan fingerprint density at radius 2 is 2.24 bits per heavy atom. The minimum atomic E-state index is -0.480. The van der Waals surface area contributed by atoms with Crippen LogP contribution in [0.4, 0.5) is 5.69 Å². The third kappa shape index (κ3) is 3.18. The van der Waals surface area contributed by atoms with Gasteiger partial charge in [-0.25, -0.2) is 5.84 Å². The lowest BCUT2D eigenvalue weighted by molar-refractivity contribution is -0.386. The van der Waals surface area contributed by atoms with Gasteiger partial charge in [0.15, 0.2) is 5.75 Å². The van der Waals surface area contributed by atoms with Crippen molar-refractivity contribution >= 4 is 22.9 Å². The molecule has 0 aliphatic heterocycles. The first-order chi connectivity index (χ1) is 10.0. The Morgan fingerprint density at radius 1 is 1.48 bits per heavy atom. The van der Waals surface area contributed by atoms with Crippen molar-refractivity contribution in [1.82, 2.24) is 5.43 Å². The summed E-state index contributed by atoms with van der Waals surface area (Å²) in [6.45, 7) is 1.69. The predicted octanol–water partition coefficient (Wildman–Crippen LogP) is 2.15. The number of nitrogens with two attached hydrogens (primary N) is 1. The average Bonchev–Trinajstić information content (AvgIpc) is 2.92. The van der Waals surface area contributed by atoms with Crippen molar-refractivity contribution in [2.45, 2.75) is 13.5 Å². The lowest BCUT2D eigenvalue weighted by Crippen LogP contribution is -2.30. The quantitative estimate of drug-likeness (QED) is 0.381. The molecule has 0 atom stereocenters. The van der Waals surface area contributed by atoms with E-state index in [-0.39, 0.29) is 18.0 Å². The molecule has 0 aliphatic rings. The second-order valence-corrected chi connectivity index (χ2v) is 5.13. The predicted molar refractivity (Wildman–Crippen MR) is 78.1 cm³/mol. The summed E-state index contributed by atoms with van der Waals surface area (Å²) < 4.78 is 5.50. The molecular formula is C13H13N3O4S. The summed E-state index contributed by atoms with van der Waals surface area (Å²) in [5.74, 6) is 4.86. The third-order valence-electron chi connectivity index (χ3n) is 2.85. The second kappa shape index (κ2) is 6.33. The molecule has 1 aromatic carbocycles. The van der Waals surface area contributed by atoms with E-state index in [4.69, 9.17) is 10.6 Å². The fourth-order valence-corrected chi connectivity index (χ4v) is 2.66. The van der Waals surface area contributed by atoms with Crippen LogP contribution in [0.2, 0.25) is 0 Å². The summed E-state index contributed by atoms with van der Waals surface area (Å²) in [6, 6.07) is 6.57. The van der Waals surface area contributed by atoms with Crippen molar-refractivity contribution in [3.63, 3.8) is 0 Å². The number of nitro benzene ring substituents is 1. The first-order valence-corrected chi connectivity index (χ1v) is 6.86. The number of hydrazine groups is 1. The van der Waals surface area contributed by atoms with Crippen LogP contribution in [0.5, 0.6) is 5.75 Å². The molecule has 110 valence electrons. The van der Waals surface area contributed by atoms with Crippen LogP contribution >= 0.6 is 11.3 Å².